The lowest BCUT2D eigenvalue weighted by atomic mass is 10.2. The summed E-state index contributed by atoms with van der Waals surface area (Å²) in [6, 6.07) is 9.77. The maximum absolute atomic E-state index is 12.5. The van der Waals surface area contributed by atoms with Gasteiger partial charge in [0.1, 0.15) is 5.75 Å². The summed E-state index contributed by atoms with van der Waals surface area (Å²) >= 11 is 3.29. The molecule has 0 aliphatic heterocycles. The average Bonchev–Trinajstić information content (AvgIpc) is 2.48. The fraction of sp³-hybridized carbons (Fsp3) is 0.200. The summed E-state index contributed by atoms with van der Waals surface area (Å²) in [6.45, 7) is 1.56. The lowest BCUT2D eigenvalue weighted by Crippen LogP contribution is -2.15. The fourth-order valence-corrected chi connectivity index (χ4v) is 3.55. The normalized spacial score (nSPS) is 11.3. The van der Waals surface area contributed by atoms with Crippen molar-refractivity contribution in [3.8, 4) is 5.75 Å². The zero-order valence-corrected chi connectivity index (χ0v) is 14.5. The number of aliphatic hydroxyl groups is 1. The van der Waals surface area contributed by atoms with Crippen molar-refractivity contribution in [3.05, 3.63) is 52.0 Å². The SMILES string of the molecule is COc1cc(Br)cc(CO)c1NS(=O)(=O)c1ccc(C)cc1. The molecule has 5 nitrogen and oxygen atoms in total. The fourth-order valence-electron chi connectivity index (χ4n) is 1.95. The molecule has 0 radical (unpaired) electrons. The lowest BCUT2D eigenvalue weighted by molar-refractivity contribution is 0.282. The van der Waals surface area contributed by atoms with Crippen LogP contribution in [0.25, 0.3) is 0 Å². The molecule has 2 rings (SSSR count). The van der Waals surface area contributed by atoms with Gasteiger partial charge in [0.15, 0.2) is 0 Å². The molecule has 0 fully saturated rings. The topological polar surface area (TPSA) is 75.6 Å². The van der Waals surface area contributed by atoms with E-state index in [0.717, 1.165) is 5.56 Å². The van der Waals surface area contributed by atoms with Gasteiger partial charge < -0.3 is 9.84 Å². The Labute approximate surface area is 138 Å². The predicted molar refractivity (Wildman–Crippen MR) is 88.6 cm³/mol. The largest absolute Gasteiger partial charge is 0.495 e. The Morgan fingerprint density at radius 2 is 1.86 bits per heavy atom. The molecule has 2 N–H and O–H groups in total. The number of hydrogen-bond donors (Lipinski definition) is 2. The highest BCUT2D eigenvalue weighted by atomic mass is 79.9. The van der Waals surface area contributed by atoms with Crippen LogP contribution >= 0.6 is 15.9 Å². The Kier molecular flexibility index (Phi) is 5.10. The van der Waals surface area contributed by atoms with E-state index in [-0.39, 0.29) is 17.2 Å². The van der Waals surface area contributed by atoms with Crippen LogP contribution in [0.15, 0.2) is 45.8 Å². The number of aliphatic hydroxyl groups excluding tert-OH is 1. The Morgan fingerprint density at radius 1 is 1.23 bits per heavy atom. The van der Waals surface area contributed by atoms with Crippen LogP contribution in [0.1, 0.15) is 11.1 Å². The molecular weight excluding hydrogens is 370 g/mol. The van der Waals surface area contributed by atoms with E-state index in [2.05, 4.69) is 20.7 Å². The smallest absolute Gasteiger partial charge is 0.262 e. The summed E-state index contributed by atoms with van der Waals surface area (Å²) in [5.41, 5.74) is 1.62. The Balaban J connectivity index is 2.47. The molecule has 0 saturated carbocycles. The third-order valence-corrected chi connectivity index (χ3v) is 4.93. The molecule has 0 atom stereocenters. The Hall–Kier alpha value is -1.57. The van der Waals surface area contributed by atoms with Gasteiger partial charge in [0, 0.05) is 10.0 Å². The highest BCUT2D eigenvalue weighted by molar-refractivity contribution is 9.10. The first-order valence-electron chi connectivity index (χ1n) is 6.44. The third kappa shape index (κ3) is 3.60. The van der Waals surface area contributed by atoms with E-state index in [4.69, 9.17) is 4.74 Å². The monoisotopic (exact) mass is 385 g/mol. The van der Waals surface area contributed by atoms with Gasteiger partial charge in [-0.05, 0) is 31.2 Å². The van der Waals surface area contributed by atoms with Crippen LogP contribution in [-0.4, -0.2) is 20.6 Å². The van der Waals surface area contributed by atoms with E-state index in [1.807, 2.05) is 6.92 Å². The minimum Gasteiger partial charge on any atom is -0.495 e. The summed E-state index contributed by atoms with van der Waals surface area (Å²) in [4.78, 5) is 0.145. The molecule has 2 aromatic carbocycles. The number of methoxy groups -OCH3 is 1. The van der Waals surface area contributed by atoms with Gasteiger partial charge in [0.05, 0.1) is 24.3 Å². The molecule has 0 bridgehead atoms. The van der Waals surface area contributed by atoms with Gasteiger partial charge in [0.25, 0.3) is 10.0 Å². The van der Waals surface area contributed by atoms with E-state index in [9.17, 15) is 13.5 Å². The predicted octanol–water partition coefficient (Wildman–Crippen LogP) is 3.06. The molecule has 0 aliphatic rings. The number of sulfonamides is 1. The summed E-state index contributed by atoms with van der Waals surface area (Å²) in [6.07, 6.45) is 0. The van der Waals surface area contributed by atoms with Gasteiger partial charge in [-0.15, -0.1) is 0 Å². The molecule has 0 aromatic heterocycles. The van der Waals surface area contributed by atoms with Crippen LogP contribution in [0.5, 0.6) is 5.75 Å². The van der Waals surface area contributed by atoms with Gasteiger partial charge in [-0.3, -0.25) is 4.72 Å². The van der Waals surface area contributed by atoms with Crippen molar-refractivity contribution < 1.29 is 18.3 Å². The molecule has 0 spiro atoms. The zero-order valence-electron chi connectivity index (χ0n) is 12.1. The van der Waals surface area contributed by atoms with Crippen molar-refractivity contribution >= 4 is 31.6 Å². The second-order valence-corrected chi connectivity index (χ2v) is 7.32. The molecule has 0 amide bonds. The van der Waals surface area contributed by atoms with E-state index in [1.54, 1.807) is 24.3 Å². The zero-order chi connectivity index (χ0) is 16.3. The summed E-state index contributed by atoms with van der Waals surface area (Å²) < 4.78 is 33.3. The van der Waals surface area contributed by atoms with Crippen LogP contribution in [0.4, 0.5) is 5.69 Å². The van der Waals surface area contributed by atoms with Crippen LogP contribution in [0, 0.1) is 6.92 Å². The Morgan fingerprint density at radius 3 is 2.41 bits per heavy atom. The number of hydrogen-bond acceptors (Lipinski definition) is 4. The molecular formula is C15H16BrNO4S. The third-order valence-electron chi connectivity index (χ3n) is 3.11. The van der Waals surface area contributed by atoms with Crippen molar-refractivity contribution in [2.45, 2.75) is 18.4 Å². The van der Waals surface area contributed by atoms with E-state index in [1.165, 1.54) is 19.2 Å². The minimum absolute atomic E-state index is 0.145. The molecule has 0 saturated heterocycles. The first-order chi connectivity index (χ1) is 10.4. The number of aryl methyl sites for hydroxylation is 1. The van der Waals surface area contributed by atoms with Crippen molar-refractivity contribution in [2.75, 3.05) is 11.8 Å². The van der Waals surface area contributed by atoms with Crippen molar-refractivity contribution in [3.63, 3.8) is 0 Å². The van der Waals surface area contributed by atoms with Crippen LogP contribution < -0.4 is 9.46 Å². The number of nitrogens with one attached hydrogen (secondary N) is 1. The molecule has 7 heteroatoms. The summed E-state index contributed by atoms with van der Waals surface area (Å²) in [5.74, 6) is 0.328. The Bertz CT molecular complexity index is 748. The van der Waals surface area contributed by atoms with Crippen molar-refractivity contribution in [1.29, 1.82) is 0 Å². The quantitative estimate of drug-likeness (QED) is 0.828. The molecule has 2 aromatic rings. The van der Waals surface area contributed by atoms with E-state index < -0.39 is 10.0 Å². The van der Waals surface area contributed by atoms with Gasteiger partial charge in [-0.2, -0.15) is 0 Å². The molecule has 22 heavy (non-hydrogen) atoms. The molecule has 118 valence electrons. The molecule has 0 heterocycles. The maximum Gasteiger partial charge on any atom is 0.262 e. The van der Waals surface area contributed by atoms with Gasteiger partial charge >= 0.3 is 0 Å². The summed E-state index contributed by atoms with van der Waals surface area (Å²) in [5, 5.41) is 9.46. The van der Waals surface area contributed by atoms with Crippen LogP contribution in [0.2, 0.25) is 0 Å². The van der Waals surface area contributed by atoms with Gasteiger partial charge in [-0.25, -0.2) is 8.42 Å². The average molecular weight is 386 g/mol. The van der Waals surface area contributed by atoms with Gasteiger partial charge in [0.2, 0.25) is 0 Å². The van der Waals surface area contributed by atoms with Crippen LogP contribution in [0.3, 0.4) is 0 Å². The number of anilines is 1. The lowest BCUT2D eigenvalue weighted by Gasteiger charge is -2.16. The van der Waals surface area contributed by atoms with Crippen molar-refractivity contribution in [2.24, 2.45) is 0 Å². The summed E-state index contributed by atoms with van der Waals surface area (Å²) in [7, 11) is -2.33. The second kappa shape index (κ2) is 6.68. The molecule has 0 unspecified atom stereocenters. The number of benzene rings is 2. The van der Waals surface area contributed by atoms with Crippen molar-refractivity contribution in [1.82, 2.24) is 0 Å². The second-order valence-electron chi connectivity index (χ2n) is 4.72. The number of ether oxygens (including phenoxy) is 1. The number of halogens is 1. The minimum atomic E-state index is -3.76. The van der Waals surface area contributed by atoms with E-state index in [0.29, 0.717) is 15.8 Å². The standard InChI is InChI=1S/C15H16BrNO4S/c1-10-3-5-13(6-4-10)22(19,20)17-15-11(9-18)7-12(16)8-14(15)21-2/h3-8,17-18H,9H2,1-2H3. The maximum atomic E-state index is 12.5. The molecule has 0 aliphatic carbocycles. The first kappa shape index (κ1) is 16.8. The first-order valence-corrected chi connectivity index (χ1v) is 8.71. The highest BCUT2D eigenvalue weighted by Crippen LogP contribution is 2.34. The highest BCUT2D eigenvalue weighted by Gasteiger charge is 2.19. The van der Waals surface area contributed by atoms with Gasteiger partial charge in [-0.1, -0.05) is 33.6 Å². The number of rotatable bonds is 5. The van der Waals surface area contributed by atoms with Crippen LogP contribution in [-0.2, 0) is 16.6 Å². The van der Waals surface area contributed by atoms with E-state index >= 15 is 0 Å².